The van der Waals surface area contributed by atoms with Gasteiger partial charge in [-0.25, -0.2) is 0 Å². The van der Waals surface area contributed by atoms with Gasteiger partial charge in [-0.1, -0.05) is 13.8 Å². The molecular weight excluding hydrogens is 248 g/mol. The summed E-state index contributed by atoms with van der Waals surface area (Å²) in [6.45, 7) is 7.82. The molecule has 2 atom stereocenters. The Bertz CT molecular complexity index is 320. The summed E-state index contributed by atoms with van der Waals surface area (Å²) in [6, 6.07) is -0.0992. The SMILES string of the molecule is CC(C)C(C)NC(=O)CN1CCOCC1CC(=O)O. The van der Waals surface area contributed by atoms with Gasteiger partial charge in [-0.15, -0.1) is 0 Å². The summed E-state index contributed by atoms with van der Waals surface area (Å²) in [5, 5.41) is 11.8. The van der Waals surface area contributed by atoms with Gasteiger partial charge in [0.2, 0.25) is 5.91 Å². The predicted octanol–water partition coefficient (Wildman–Crippen LogP) is 0.323. The Morgan fingerprint density at radius 2 is 2.11 bits per heavy atom. The molecule has 1 rings (SSSR count). The highest BCUT2D eigenvalue weighted by molar-refractivity contribution is 5.78. The first kappa shape index (κ1) is 15.9. The van der Waals surface area contributed by atoms with Crippen LogP contribution in [0, 0.1) is 5.92 Å². The summed E-state index contributed by atoms with van der Waals surface area (Å²) < 4.78 is 5.28. The van der Waals surface area contributed by atoms with Crippen LogP contribution in [0.4, 0.5) is 0 Å². The molecule has 0 saturated carbocycles. The number of aliphatic carboxylic acids is 1. The van der Waals surface area contributed by atoms with Gasteiger partial charge in [0.05, 0.1) is 26.2 Å². The van der Waals surface area contributed by atoms with E-state index in [2.05, 4.69) is 5.32 Å². The predicted molar refractivity (Wildman–Crippen MR) is 70.9 cm³/mol. The number of amides is 1. The topological polar surface area (TPSA) is 78.9 Å². The molecule has 2 N–H and O–H groups in total. The minimum atomic E-state index is -0.864. The van der Waals surface area contributed by atoms with Gasteiger partial charge in [0.25, 0.3) is 0 Å². The van der Waals surface area contributed by atoms with Crippen LogP contribution in [-0.2, 0) is 14.3 Å². The molecule has 6 nitrogen and oxygen atoms in total. The van der Waals surface area contributed by atoms with Gasteiger partial charge in [0.1, 0.15) is 0 Å². The second-order valence-corrected chi connectivity index (χ2v) is 5.40. The van der Waals surface area contributed by atoms with Crippen LogP contribution in [0.2, 0.25) is 0 Å². The Hall–Kier alpha value is -1.14. The first-order valence-electron chi connectivity index (χ1n) is 6.73. The third-order valence-corrected chi connectivity index (χ3v) is 3.50. The van der Waals surface area contributed by atoms with E-state index in [0.717, 1.165) is 0 Å². The molecule has 1 amide bonds. The van der Waals surface area contributed by atoms with Crippen LogP contribution in [0.5, 0.6) is 0 Å². The molecule has 0 bridgehead atoms. The van der Waals surface area contributed by atoms with Gasteiger partial charge in [-0.05, 0) is 12.8 Å². The average molecular weight is 272 g/mol. The van der Waals surface area contributed by atoms with E-state index in [1.165, 1.54) is 0 Å². The molecule has 0 aliphatic carbocycles. The Balaban J connectivity index is 2.47. The van der Waals surface area contributed by atoms with Crippen molar-refractivity contribution >= 4 is 11.9 Å². The smallest absolute Gasteiger partial charge is 0.305 e. The molecule has 2 unspecified atom stereocenters. The van der Waals surface area contributed by atoms with Crippen LogP contribution < -0.4 is 5.32 Å². The second-order valence-electron chi connectivity index (χ2n) is 5.40. The normalized spacial score (nSPS) is 22.2. The highest BCUT2D eigenvalue weighted by Crippen LogP contribution is 2.10. The summed E-state index contributed by atoms with van der Waals surface area (Å²) >= 11 is 0. The van der Waals surface area contributed by atoms with Crippen molar-refractivity contribution in [1.29, 1.82) is 0 Å². The van der Waals surface area contributed by atoms with Crippen LogP contribution in [-0.4, -0.2) is 60.3 Å². The Labute approximate surface area is 114 Å². The van der Waals surface area contributed by atoms with Crippen molar-refractivity contribution in [2.75, 3.05) is 26.3 Å². The lowest BCUT2D eigenvalue weighted by Crippen LogP contribution is -2.51. The largest absolute Gasteiger partial charge is 0.481 e. The van der Waals surface area contributed by atoms with Crippen molar-refractivity contribution in [2.45, 2.75) is 39.3 Å². The third-order valence-electron chi connectivity index (χ3n) is 3.50. The van der Waals surface area contributed by atoms with Crippen LogP contribution >= 0.6 is 0 Å². The molecular formula is C13H24N2O4. The van der Waals surface area contributed by atoms with E-state index in [-0.39, 0.29) is 31.0 Å². The summed E-state index contributed by atoms with van der Waals surface area (Å²) in [5.41, 5.74) is 0. The van der Waals surface area contributed by atoms with Crippen molar-refractivity contribution < 1.29 is 19.4 Å². The number of nitrogens with zero attached hydrogens (tertiary/aromatic N) is 1. The summed E-state index contributed by atoms with van der Waals surface area (Å²) in [5.74, 6) is -0.543. The fourth-order valence-electron chi connectivity index (χ4n) is 1.94. The minimum absolute atomic E-state index is 0.00696. The lowest BCUT2D eigenvalue weighted by molar-refractivity contribution is -0.141. The molecule has 110 valence electrons. The number of carboxylic acid groups (broad SMARTS) is 1. The van der Waals surface area contributed by atoms with E-state index >= 15 is 0 Å². The van der Waals surface area contributed by atoms with Crippen LogP contribution in [0.3, 0.4) is 0 Å². The molecule has 0 aromatic rings. The number of hydrogen-bond donors (Lipinski definition) is 2. The minimum Gasteiger partial charge on any atom is -0.481 e. The molecule has 19 heavy (non-hydrogen) atoms. The molecule has 0 spiro atoms. The van der Waals surface area contributed by atoms with E-state index < -0.39 is 5.97 Å². The van der Waals surface area contributed by atoms with Crippen LogP contribution in [0.25, 0.3) is 0 Å². The average Bonchev–Trinajstić information content (AvgIpc) is 2.30. The van der Waals surface area contributed by atoms with Gasteiger partial charge >= 0.3 is 5.97 Å². The number of morpholine rings is 1. The summed E-state index contributed by atoms with van der Waals surface area (Å²) in [4.78, 5) is 24.6. The standard InChI is InChI=1S/C13H24N2O4/c1-9(2)10(3)14-12(16)7-15-4-5-19-8-11(15)6-13(17)18/h9-11H,4-8H2,1-3H3,(H,14,16)(H,17,18). The Morgan fingerprint density at radius 3 is 2.68 bits per heavy atom. The van der Waals surface area contributed by atoms with E-state index in [9.17, 15) is 9.59 Å². The van der Waals surface area contributed by atoms with Crippen molar-refractivity contribution in [3.8, 4) is 0 Å². The quantitative estimate of drug-likeness (QED) is 0.728. The third kappa shape index (κ3) is 5.57. The van der Waals surface area contributed by atoms with Crippen LogP contribution in [0.1, 0.15) is 27.2 Å². The lowest BCUT2D eigenvalue weighted by atomic mass is 10.1. The Kier molecular flexibility index (Phi) is 6.24. The number of ether oxygens (including phenoxy) is 1. The zero-order valence-electron chi connectivity index (χ0n) is 11.9. The Morgan fingerprint density at radius 1 is 1.42 bits per heavy atom. The van der Waals surface area contributed by atoms with Crippen molar-refractivity contribution in [2.24, 2.45) is 5.92 Å². The maximum Gasteiger partial charge on any atom is 0.305 e. The van der Waals surface area contributed by atoms with Crippen molar-refractivity contribution in [3.63, 3.8) is 0 Å². The monoisotopic (exact) mass is 272 g/mol. The number of nitrogens with one attached hydrogen (secondary N) is 1. The second kappa shape index (κ2) is 7.45. The summed E-state index contributed by atoms with van der Waals surface area (Å²) in [6.07, 6.45) is 0.00696. The highest BCUT2D eigenvalue weighted by Gasteiger charge is 2.27. The number of hydrogen-bond acceptors (Lipinski definition) is 4. The van der Waals surface area contributed by atoms with E-state index in [1.54, 1.807) is 0 Å². The molecule has 0 radical (unpaired) electrons. The molecule has 0 aromatic heterocycles. The molecule has 1 saturated heterocycles. The zero-order chi connectivity index (χ0) is 14.4. The van der Waals surface area contributed by atoms with Crippen LogP contribution in [0.15, 0.2) is 0 Å². The maximum absolute atomic E-state index is 11.9. The fraction of sp³-hybridized carbons (Fsp3) is 0.846. The fourth-order valence-corrected chi connectivity index (χ4v) is 1.94. The highest BCUT2D eigenvalue weighted by atomic mass is 16.5. The molecule has 1 fully saturated rings. The molecule has 1 aliphatic rings. The van der Waals surface area contributed by atoms with Crippen molar-refractivity contribution in [3.05, 3.63) is 0 Å². The molecule has 6 heteroatoms. The molecule has 0 aromatic carbocycles. The summed E-state index contributed by atoms with van der Waals surface area (Å²) in [7, 11) is 0. The number of carboxylic acids is 1. The first-order chi connectivity index (χ1) is 8.90. The first-order valence-corrected chi connectivity index (χ1v) is 6.73. The van der Waals surface area contributed by atoms with Gasteiger partial charge in [-0.2, -0.15) is 0 Å². The van der Waals surface area contributed by atoms with E-state index in [4.69, 9.17) is 9.84 Å². The number of carbonyl (C=O) groups is 2. The van der Waals surface area contributed by atoms with Gasteiger partial charge in [0.15, 0.2) is 0 Å². The zero-order valence-corrected chi connectivity index (χ0v) is 11.9. The molecule has 1 heterocycles. The van der Waals surface area contributed by atoms with Gasteiger partial charge in [-0.3, -0.25) is 14.5 Å². The van der Waals surface area contributed by atoms with Gasteiger partial charge in [0, 0.05) is 18.6 Å². The van der Waals surface area contributed by atoms with E-state index in [0.29, 0.717) is 25.7 Å². The number of carbonyl (C=O) groups excluding carboxylic acids is 1. The lowest BCUT2D eigenvalue weighted by Gasteiger charge is -2.34. The van der Waals surface area contributed by atoms with E-state index in [1.807, 2.05) is 25.7 Å². The molecule has 1 aliphatic heterocycles. The van der Waals surface area contributed by atoms with Gasteiger partial charge < -0.3 is 15.2 Å². The maximum atomic E-state index is 11.9. The number of rotatable bonds is 6. The van der Waals surface area contributed by atoms with Crippen molar-refractivity contribution in [1.82, 2.24) is 10.2 Å².